The molecule has 0 rings (SSSR count). The first kappa shape index (κ1) is 10.9. The Labute approximate surface area is 69.9 Å². The van der Waals surface area contributed by atoms with E-state index in [0.717, 1.165) is 19.5 Å². The van der Waals surface area contributed by atoms with Gasteiger partial charge < -0.3 is 4.90 Å². The van der Waals surface area contributed by atoms with Gasteiger partial charge >= 0.3 is 0 Å². The van der Waals surface area contributed by atoms with Crippen LogP contribution < -0.4 is 11.3 Å². The first-order valence-corrected chi connectivity index (χ1v) is 4.43. The van der Waals surface area contributed by atoms with Crippen LogP contribution in [0.1, 0.15) is 26.2 Å². The van der Waals surface area contributed by atoms with Crippen LogP contribution in [0.5, 0.6) is 0 Å². The molecule has 3 nitrogen and oxygen atoms in total. The second-order valence-electron chi connectivity index (χ2n) is 2.96. The summed E-state index contributed by atoms with van der Waals surface area (Å²) in [6.45, 7) is 5.48. The number of nitrogens with zero attached hydrogens (tertiary/aromatic N) is 1. The molecule has 0 aromatic carbocycles. The van der Waals surface area contributed by atoms with Crippen LogP contribution in [0.25, 0.3) is 0 Å². The number of rotatable bonds is 7. The van der Waals surface area contributed by atoms with Gasteiger partial charge in [0.1, 0.15) is 0 Å². The summed E-state index contributed by atoms with van der Waals surface area (Å²) < 4.78 is 0. The summed E-state index contributed by atoms with van der Waals surface area (Å²) in [4.78, 5) is 2.35. The first-order valence-electron chi connectivity index (χ1n) is 4.43. The van der Waals surface area contributed by atoms with E-state index in [0.29, 0.717) is 0 Å². The van der Waals surface area contributed by atoms with Crippen LogP contribution >= 0.6 is 0 Å². The maximum Gasteiger partial charge on any atom is 0.0110 e. The molecule has 3 N–H and O–H groups in total. The molecule has 0 heterocycles. The fraction of sp³-hybridized carbons (Fsp3) is 1.00. The molecule has 0 aliphatic heterocycles. The molecule has 0 unspecified atom stereocenters. The number of nitrogens with one attached hydrogen (secondary N) is 1. The fourth-order valence-electron chi connectivity index (χ4n) is 0.991. The maximum absolute atomic E-state index is 5.15. The fourth-order valence-corrected chi connectivity index (χ4v) is 0.991. The summed E-state index contributed by atoms with van der Waals surface area (Å²) in [5, 5.41) is 0. The minimum absolute atomic E-state index is 0.913. The van der Waals surface area contributed by atoms with Gasteiger partial charge in [-0.3, -0.25) is 11.3 Å². The predicted octanol–water partition coefficient (Wildman–Crippen LogP) is 0.572. The van der Waals surface area contributed by atoms with Crippen molar-refractivity contribution >= 4 is 0 Å². The molecule has 0 saturated carbocycles. The van der Waals surface area contributed by atoms with E-state index in [1.54, 1.807) is 0 Å². The Morgan fingerprint density at radius 1 is 1.27 bits per heavy atom. The van der Waals surface area contributed by atoms with E-state index in [9.17, 15) is 0 Å². The lowest BCUT2D eigenvalue weighted by Crippen LogP contribution is -2.28. The van der Waals surface area contributed by atoms with Gasteiger partial charge in [0.15, 0.2) is 0 Å². The number of unbranched alkanes of at least 4 members (excludes halogenated alkanes) is 1. The molecular formula is C8H21N3. The highest BCUT2D eigenvalue weighted by molar-refractivity contribution is 4.51. The van der Waals surface area contributed by atoms with E-state index in [-0.39, 0.29) is 0 Å². The Morgan fingerprint density at radius 3 is 2.45 bits per heavy atom. The predicted molar refractivity (Wildman–Crippen MR) is 49.2 cm³/mol. The van der Waals surface area contributed by atoms with E-state index < -0.39 is 0 Å². The third-order valence-corrected chi connectivity index (χ3v) is 1.75. The highest BCUT2D eigenvalue weighted by atomic mass is 15.2. The number of hydrazine groups is 1. The quantitative estimate of drug-likeness (QED) is 0.324. The molecule has 0 aromatic heterocycles. The Hall–Kier alpha value is -0.120. The lowest BCUT2D eigenvalue weighted by Gasteiger charge is -2.15. The van der Waals surface area contributed by atoms with Crippen molar-refractivity contribution in [1.29, 1.82) is 0 Å². The zero-order valence-corrected chi connectivity index (χ0v) is 7.77. The molecular weight excluding hydrogens is 138 g/mol. The average Bonchev–Trinajstić information content (AvgIpc) is 2.01. The van der Waals surface area contributed by atoms with Crippen LogP contribution in [0.4, 0.5) is 0 Å². The number of hydrogen-bond donors (Lipinski definition) is 2. The molecule has 11 heavy (non-hydrogen) atoms. The van der Waals surface area contributed by atoms with Crippen LogP contribution in [-0.2, 0) is 0 Å². The largest absolute Gasteiger partial charge is 0.306 e. The van der Waals surface area contributed by atoms with Gasteiger partial charge in [-0.15, -0.1) is 0 Å². The molecule has 0 fully saturated rings. The molecule has 3 heteroatoms. The summed E-state index contributed by atoms with van der Waals surface area (Å²) in [5.41, 5.74) is 2.65. The van der Waals surface area contributed by atoms with E-state index in [2.05, 4.69) is 24.3 Å². The van der Waals surface area contributed by atoms with Crippen molar-refractivity contribution < 1.29 is 0 Å². The van der Waals surface area contributed by atoms with Crippen molar-refractivity contribution in [3.63, 3.8) is 0 Å². The monoisotopic (exact) mass is 159 g/mol. The smallest absolute Gasteiger partial charge is 0.0110 e. The van der Waals surface area contributed by atoms with Gasteiger partial charge in [-0.1, -0.05) is 13.3 Å². The maximum atomic E-state index is 5.15. The Bertz CT molecular complexity index is 75.7. The van der Waals surface area contributed by atoms with Gasteiger partial charge in [0, 0.05) is 6.54 Å². The summed E-state index contributed by atoms with van der Waals surface area (Å²) >= 11 is 0. The molecule has 0 bridgehead atoms. The highest BCUT2D eigenvalue weighted by Crippen LogP contribution is 1.92. The Balaban J connectivity index is 3.02. The second kappa shape index (κ2) is 7.98. The average molecular weight is 159 g/mol. The van der Waals surface area contributed by atoms with Crippen LogP contribution in [-0.4, -0.2) is 31.6 Å². The number of nitrogens with two attached hydrogens (primary N) is 1. The molecule has 0 aromatic rings. The van der Waals surface area contributed by atoms with Crippen molar-refractivity contribution in [2.75, 3.05) is 26.7 Å². The van der Waals surface area contributed by atoms with Crippen LogP contribution in [0.15, 0.2) is 0 Å². The lowest BCUT2D eigenvalue weighted by atomic mass is 10.3. The Kier molecular flexibility index (Phi) is 7.89. The van der Waals surface area contributed by atoms with E-state index >= 15 is 0 Å². The first-order chi connectivity index (χ1) is 5.31. The van der Waals surface area contributed by atoms with E-state index in [1.165, 1.54) is 19.4 Å². The minimum atomic E-state index is 0.913. The van der Waals surface area contributed by atoms with E-state index in [4.69, 9.17) is 5.84 Å². The van der Waals surface area contributed by atoms with Crippen molar-refractivity contribution in [1.82, 2.24) is 10.3 Å². The summed E-state index contributed by atoms with van der Waals surface area (Å²) in [6, 6.07) is 0. The van der Waals surface area contributed by atoms with Crippen molar-refractivity contribution in [3.05, 3.63) is 0 Å². The third-order valence-electron chi connectivity index (χ3n) is 1.75. The Morgan fingerprint density at radius 2 is 1.91 bits per heavy atom. The van der Waals surface area contributed by atoms with Gasteiger partial charge in [-0.2, -0.15) is 0 Å². The molecule has 0 amide bonds. The molecule has 0 atom stereocenters. The lowest BCUT2D eigenvalue weighted by molar-refractivity contribution is 0.321. The van der Waals surface area contributed by atoms with Crippen LogP contribution in [0.2, 0.25) is 0 Å². The highest BCUT2D eigenvalue weighted by Gasteiger charge is 1.95. The van der Waals surface area contributed by atoms with E-state index in [1.807, 2.05) is 0 Å². The number of hydrogen-bond acceptors (Lipinski definition) is 3. The topological polar surface area (TPSA) is 41.3 Å². The SMILES string of the molecule is CCCCN(C)CCCNN. The molecule has 0 spiro atoms. The second-order valence-corrected chi connectivity index (χ2v) is 2.96. The van der Waals surface area contributed by atoms with Gasteiger partial charge in [0.25, 0.3) is 0 Å². The molecule has 68 valence electrons. The molecule has 0 aliphatic carbocycles. The third kappa shape index (κ3) is 7.78. The minimum Gasteiger partial charge on any atom is -0.306 e. The zero-order valence-electron chi connectivity index (χ0n) is 7.77. The van der Waals surface area contributed by atoms with Crippen molar-refractivity contribution in [3.8, 4) is 0 Å². The molecule has 0 radical (unpaired) electrons. The van der Waals surface area contributed by atoms with Gasteiger partial charge in [-0.25, -0.2) is 0 Å². The summed E-state index contributed by atoms with van der Waals surface area (Å²) in [5.74, 6) is 5.15. The van der Waals surface area contributed by atoms with Crippen LogP contribution in [0.3, 0.4) is 0 Å². The summed E-state index contributed by atoms with van der Waals surface area (Å²) in [6.07, 6.45) is 3.71. The zero-order chi connectivity index (χ0) is 8.53. The normalized spacial score (nSPS) is 10.9. The van der Waals surface area contributed by atoms with Crippen LogP contribution in [0, 0.1) is 0 Å². The molecule has 0 saturated heterocycles. The molecule has 0 aliphatic rings. The van der Waals surface area contributed by atoms with Crippen molar-refractivity contribution in [2.45, 2.75) is 26.2 Å². The van der Waals surface area contributed by atoms with Gasteiger partial charge in [-0.05, 0) is 33.0 Å². The van der Waals surface area contributed by atoms with Crippen molar-refractivity contribution in [2.24, 2.45) is 5.84 Å². The standard InChI is InChI=1S/C8H21N3/c1-3-4-7-11(2)8-5-6-10-9/h10H,3-9H2,1-2H3. The van der Waals surface area contributed by atoms with Gasteiger partial charge in [0.05, 0.1) is 0 Å². The summed E-state index contributed by atoms with van der Waals surface area (Å²) in [7, 11) is 2.16. The van der Waals surface area contributed by atoms with Gasteiger partial charge in [0.2, 0.25) is 0 Å².